The molecule has 0 fully saturated rings. The number of likely N-dealkylation sites (N-methyl/N-ethyl adjacent to an activating group) is 1. The molecule has 1 atom stereocenters. The lowest BCUT2D eigenvalue weighted by Crippen LogP contribution is -2.32. The van der Waals surface area contributed by atoms with E-state index in [1.165, 1.54) is 6.42 Å². The van der Waals surface area contributed by atoms with Gasteiger partial charge in [0, 0.05) is 19.2 Å². The van der Waals surface area contributed by atoms with Gasteiger partial charge in [-0.15, -0.1) is 0 Å². The van der Waals surface area contributed by atoms with Crippen molar-refractivity contribution < 1.29 is 4.74 Å². The fraction of sp³-hybridized carbons (Fsp3) is 1.00. The Morgan fingerprint density at radius 3 is 2.69 bits per heavy atom. The van der Waals surface area contributed by atoms with Crippen LogP contribution in [0.5, 0.6) is 0 Å². The lowest BCUT2D eigenvalue weighted by molar-refractivity contribution is 0.108. The molecule has 0 saturated heterocycles. The summed E-state index contributed by atoms with van der Waals surface area (Å²) in [5.41, 5.74) is 5.46. The van der Waals surface area contributed by atoms with Crippen LogP contribution in [0.15, 0.2) is 0 Å². The topological polar surface area (TPSA) is 38.5 Å². The maximum Gasteiger partial charge on any atom is 0.0593 e. The third-order valence-electron chi connectivity index (χ3n) is 2.37. The zero-order valence-electron chi connectivity index (χ0n) is 9.25. The van der Waals surface area contributed by atoms with Gasteiger partial charge in [0.1, 0.15) is 0 Å². The van der Waals surface area contributed by atoms with Crippen molar-refractivity contribution in [1.29, 1.82) is 0 Å². The molecule has 0 aromatic heterocycles. The van der Waals surface area contributed by atoms with Crippen molar-refractivity contribution >= 4 is 0 Å². The average Bonchev–Trinajstić information content (AvgIpc) is 2.14. The van der Waals surface area contributed by atoms with E-state index in [0.717, 1.165) is 32.7 Å². The van der Waals surface area contributed by atoms with Crippen LogP contribution in [0.4, 0.5) is 0 Å². The lowest BCUT2D eigenvalue weighted by atomic mass is 10.1. The molecule has 2 N–H and O–H groups in total. The minimum atomic E-state index is 0.615. The minimum Gasteiger partial charge on any atom is -0.380 e. The first kappa shape index (κ1) is 12.9. The molecule has 0 aliphatic carbocycles. The van der Waals surface area contributed by atoms with Crippen molar-refractivity contribution in [3.8, 4) is 0 Å². The molecule has 0 bridgehead atoms. The molecule has 0 amide bonds. The van der Waals surface area contributed by atoms with Crippen LogP contribution < -0.4 is 5.73 Å². The van der Waals surface area contributed by atoms with Gasteiger partial charge in [0.15, 0.2) is 0 Å². The second-order valence-electron chi connectivity index (χ2n) is 3.46. The van der Waals surface area contributed by atoms with E-state index in [4.69, 9.17) is 10.5 Å². The summed E-state index contributed by atoms with van der Waals surface area (Å²) in [6.45, 7) is 7.72. The van der Waals surface area contributed by atoms with Crippen LogP contribution >= 0.6 is 0 Å². The maximum absolute atomic E-state index is 5.46. The summed E-state index contributed by atoms with van der Waals surface area (Å²) in [5, 5.41) is 0. The summed E-state index contributed by atoms with van der Waals surface area (Å²) in [7, 11) is 2.14. The third kappa shape index (κ3) is 6.99. The fourth-order valence-corrected chi connectivity index (χ4v) is 1.21. The predicted octanol–water partition coefficient (Wildman–Crippen LogP) is 1.08. The van der Waals surface area contributed by atoms with E-state index in [-0.39, 0.29) is 0 Å². The number of nitrogens with two attached hydrogens (primary N) is 1. The summed E-state index contributed by atoms with van der Waals surface area (Å²) in [5.74, 6) is 0. The van der Waals surface area contributed by atoms with E-state index in [9.17, 15) is 0 Å². The van der Waals surface area contributed by atoms with Crippen LogP contribution in [-0.4, -0.2) is 44.3 Å². The van der Waals surface area contributed by atoms with Gasteiger partial charge in [-0.1, -0.05) is 0 Å². The standard InChI is InChI=1S/C10H24N2O/c1-4-13-9-8-12(3)10(2)6-5-7-11/h10H,4-9,11H2,1-3H3. The Bertz CT molecular complexity index is 109. The van der Waals surface area contributed by atoms with E-state index < -0.39 is 0 Å². The number of hydrogen-bond donors (Lipinski definition) is 1. The molecule has 1 unspecified atom stereocenters. The monoisotopic (exact) mass is 188 g/mol. The van der Waals surface area contributed by atoms with Crippen LogP contribution in [-0.2, 0) is 4.74 Å². The predicted molar refractivity (Wildman–Crippen MR) is 56.9 cm³/mol. The van der Waals surface area contributed by atoms with Crippen molar-refractivity contribution in [3.05, 3.63) is 0 Å². The highest BCUT2D eigenvalue weighted by Crippen LogP contribution is 2.02. The van der Waals surface area contributed by atoms with Gasteiger partial charge in [-0.2, -0.15) is 0 Å². The molecule has 0 radical (unpaired) electrons. The summed E-state index contributed by atoms with van der Waals surface area (Å²) in [4.78, 5) is 2.32. The van der Waals surface area contributed by atoms with Crippen molar-refractivity contribution in [2.24, 2.45) is 5.73 Å². The second-order valence-corrected chi connectivity index (χ2v) is 3.46. The molecular weight excluding hydrogens is 164 g/mol. The van der Waals surface area contributed by atoms with Gasteiger partial charge in [-0.25, -0.2) is 0 Å². The fourth-order valence-electron chi connectivity index (χ4n) is 1.21. The van der Waals surface area contributed by atoms with E-state index in [0.29, 0.717) is 6.04 Å². The third-order valence-corrected chi connectivity index (χ3v) is 2.37. The van der Waals surface area contributed by atoms with E-state index in [1.807, 2.05) is 6.92 Å². The van der Waals surface area contributed by atoms with Crippen LogP contribution in [0.2, 0.25) is 0 Å². The van der Waals surface area contributed by atoms with E-state index in [1.54, 1.807) is 0 Å². The Morgan fingerprint density at radius 1 is 1.46 bits per heavy atom. The first-order valence-electron chi connectivity index (χ1n) is 5.20. The van der Waals surface area contributed by atoms with Crippen LogP contribution in [0.3, 0.4) is 0 Å². The van der Waals surface area contributed by atoms with E-state index >= 15 is 0 Å². The summed E-state index contributed by atoms with van der Waals surface area (Å²) in [6, 6.07) is 0.615. The molecule has 0 saturated carbocycles. The Morgan fingerprint density at radius 2 is 2.15 bits per heavy atom. The molecule has 0 heterocycles. The summed E-state index contributed by atoms with van der Waals surface area (Å²) < 4.78 is 5.29. The van der Waals surface area contributed by atoms with Crippen LogP contribution in [0, 0.1) is 0 Å². The zero-order valence-corrected chi connectivity index (χ0v) is 9.25. The highest BCUT2D eigenvalue weighted by atomic mass is 16.5. The molecule has 13 heavy (non-hydrogen) atoms. The Kier molecular flexibility index (Phi) is 8.40. The smallest absolute Gasteiger partial charge is 0.0593 e. The summed E-state index contributed by atoms with van der Waals surface area (Å²) >= 11 is 0. The molecule has 3 nitrogen and oxygen atoms in total. The van der Waals surface area contributed by atoms with Crippen molar-refractivity contribution in [2.75, 3.05) is 33.4 Å². The molecule has 0 aromatic carbocycles. The van der Waals surface area contributed by atoms with Crippen LogP contribution in [0.25, 0.3) is 0 Å². The van der Waals surface area contributed by atoms with Crippen molar-refractivity contribution in [1.82, 2.24) is 4.90 Å². The van der Waals surface area contributed by atoms with Gasteiger partial charge in [-0.3, -0.25) is 0 Å². The van der Waals surface area contributed by atoms with Crippen molar-refractivity contribution in [2.45, 2.75) is 32.7 Å². The lowest BCUT2D eigenvalue weighted by Gasteiger charge is -2.24. The first-order valence-corrected chi connectivity index (χ1v) is 5.20. The van der Waals surface area contributed by atoms with Gasteiger partial charge < -0.3 is 15.4 Å². The first-order chi connectivity index (χ1) is 6.22. The maximum atomic E-state index is 5.46. The van der Waals surface area contributed by atoms with Gasteiger partial charge >= 0.3 is 0 Å². The second kappa shape index (κ2) is 8.48. The molecule has 80 valence electrons. The van der Waals surface area contributed by atoms with Crippen molar-refractivity contribution in [3.63, 3.8) is 0 Å². The number of ether oxygens (including phenoxy) is 1. The van der Waals surface area contributed by atoms with Gasteiger partial charge in [0.2, 0.25) is 0 Å². The van der Waals surface area contributed by atoms with Gasteiger partial charge in [-0.05, 0) is 40.3 Å². The SMILES string of the molecule is CCOCCN(C)C(C)CCCN. The summed E-state index contributed by atoms with van der Waals surface area (Å²) in [6.07, 6.45) is 2.29. The Balaban J connectivity index is 3.38. The molecule has 0 spiro atoms. The van der Waals surface area contributed by atoms with Gasteiger partial charge in [0.25, 0.3) is 0 Å². The number of hydrogen-bond acceptors (Lipinski definition) is 3. The Hall–Kier alpha value is -0.120. The Labute approximate surface area is 82.2 Å². The highest BCUT2D eigenvalue weighted by molar-refractivity contribution is 4.63. The molecule has 0 aliphatic rings. The largest absolute Gasteiger partial charge is 0.380 e. The molecular formula is C10H24N2O. The number of rotatable bonds is 8. The molecule has 0 aromatic rings. The minimum absolute atomic E-state index is 0.615. The quantitative estimate of drug-likeness (QED) is 0.579. The highest BCUT2D eigenvalue weighted by Gasteiger charge is 2.07. The normalized spacial score (nSPS) is 13.6. The average molecular weight is 188 g/mol. The molecule has 3 heteroatoms. The molecule has 0 aliphatic heterocycles. The van der Waals surface area contributed by atoms with Gasteiger partial charge in [0.05, 0.1) is 6.61 Å². The van der Waals surface area contributed by atoms with E-state index in [2.05, 4.69) is 18.9 Å². The zero-order chi connectivity index (χ0) is 10.1. The number of nitrogens with zero attached hydrogens (tertiary/aromatic N) is 1. The van der Waals surface area contributed by atoms with Crippen LogP contribution in [0.1, 0.15) is 26.7 Å². The molecule has 0 rings (SSSR count).